The van der Waals surface area contributed by atoms with Crippen molar-refractivity contribution < 1.29 is 9.53 Å². The molecule has 25 heavy (non-hydrogen) atoms. The zero-order valence-corrected chi connectivity index (χ0v) is 15.3. The number of hydrogen-bond acceptors (Lipinski definition) is 3. The van der Waals surface area contributed by atoms with Crippen LogP contribution in [0.15, 0.2) is 42.5 Å². The average molecular weight is 359 g/mol. The van der Waals surface area contributed by atoms with Crippen molar-refractivity contribution in [1.82, 2.24) is 10.2 Å². The highest BCUT2D eigenvalue weighted by Gasteiger charge is 2.29. The first-order valence-corrected chi connectivity index (χ1v) is 8.86. The summed E-state index contributed by atoms with van der Waals surface area (Å²) >= 11 is 6.37. The van der Waals surface area contributed by atoms with Gasteiger partial charge in [0.25, 0.3) is 0 Å². The summed E-state index contributed by atoms with van der Waals surface area (Å²) in [5.41, 5.74) is 3.02. The Kier molecular flexibility index (Phi) is 5.61. The summed E-state index contributed by atoms with van der Waals surface area (Å²) in [5, 5.41) is 4.06. The van der Waals surface area contributed by atoms with Gasteiger partial charge in [-0.05, 0) is 24.6 Å². The standard InChI is InChI=1S/C20H23ClN2O2/c1-14-7-8-19(25-2)15(11-14)12-20(24)23-10-9-22-13-18(23)16-5-3-4-6-17(16)21/h3-8,11,18,22H,9-10,12-13H2,1-2H3. The fraction of sp³-hybridized carbons (Fsp3) is 0.350. The third kappa shape index (κ3) is 3.97. The van der Waals surface area contributed by atoms with Gasteiger partial charge in [0.15, 0.2) is 0 Å². The van der Waals surface area contributed by atoms with Crippen LogP contribution in [0.5, 0.6) is 5.75 Å². The number of aryl methyl sites for hydroxylation is 1. The average Bonchev–Trinajstić information content (AvgIpc) is 2.62. The van der Waals surface area contributed by atoms with Crippen molar-refractivity contribution in [2.75, 3.05) is 26.7 Å². The lowest BCUT2D eigenvalue weighted by Gasteiger charge is -2.37. The molecule has 2 aromatic carbocycles. The predicted molar refractivity (Wildman–Crippen MR) is 100 cm³/mol. The van der Waals surface area contributed by atoms with Gasteiger partial charge in [-0.15, -0.1) is 0 Å². The van der Waals surface area contributed by atoms with Gasteiger partial charge >= 0.3 is 0 Å². The van der Waals surface area contributed by atoms with Crippen molar-refractivity contribution in [3.05, 3.63) is 64.2 Å². The number of carbonyl (C=O) groups is 1. The van der Waals surface area contributed by atoms with E-state index in [1.807, 2.05) is 54.3 Å². The van der Waals surface area contributed by atoms with E-state index in [4.69, 9.17) is 16.3 Å². The van der Waals surface area contributed by atoms with E-state index in [0.29, 0.717) is 24.5 Å². The number of amides is 1. The molecule has 1 heterocycles. The van der Waals surface area contributed by atoms with Crippen LogP contribution in [0.25, 0.3) is 0 Å². The number of nitrogens with zero attached hydrogens (tertiary/aromatic N) is 1. The number of methoxy groups -OCH3 is 1. The Hall–Kier alpha value is -2.04. The Labute approximate surface area is 153 Å². The molecule has 1 amide bonds. The molecule has 3 rings (SSSR count). The van der Waals surface area contributed by atoms with E-state index in [-0.39, 0.29) is 11.9 Å². The topological polar surface area (TPSA) is 41.6 Å². The fourth-order valence-corrected chi connectivity index (χ4v) is 3.60. The lowest BCUT2D eigenvalue weighted by Crippen LogP contribution is -2.49. The molecule has 4 nitrogen and oxygen atoms in total. The maximum atomic E-state index is 13.0. The molecule has 0 bridgehead atoms. The zero-order chi connectivity index (χ0) is 17.8. The lowest BCUT2D eigenvalue weighted by atomic mass is 10.0. The first kappa shape index (κ1) is 17.8. The molecule has 0 aliphatic carbocycles. The van der Waals surface area contributed by atoms with Gasteiger partial charge in [-0.1, -0.05) is 47.5 Å². The number of rotatable bonds is 4. The van der Waals surface area contributed by atoms with Crippen LogP contribution in [0.4, 0.5) is 0 Å². The molecule has 1 fully saturated rings. The molecule has 1 saturated heterocycles. The van der Waals surface area contributed by atoms with Gasteiger partial charge < -0.3 is 15.0 Å². The second kappa shape index (κ2) is 7.89. The van der Waals surface area contributed by atoms with Crippen molar-refractivity contribution in [3.63, 3.8) is 0 Å². The minimum absolute atomic E-state index is 0.0502. The number of nitrogens with one attached hydrogen (secondary N) is 1. The van der Waals surface area contributed by atoms with Crippen LogP contribution in [0.2, 0.25) is 5.02 Å². The summed E-state index contributed by atoms with van der Waals surface area (Å²) in [6, 6.07) is 13.6. The van der Waals surface area contributed by atoms with Crippen LogP contribution in [0.3, 0.4) is 0 Å². The number of halogens is 1. The summed E-state index contributed by atoms with van der Waals surface area (Å²) in [7, 11) is 1.63. The summed E-state index contributed by atoms with van der Waals surface area (Å²) in [6.07, 6.45) is 0.325. The predicted octanol–water partition coefficient (Wildman–Crippen LogP) is 3.37. The molecular weight excluding hydrogens is 336 g/mol. The van der Waals surface area contributed by atoms with E-state index in [0.717, 1.165) is 29.0 Å². The first-order valence-electron chi connectivity index (χ1n) is 8.48. The third-order valence-corrected chi connectivity index (χ3v) is 4.95. The number of carbonyl (C=O) groups excluding carboxylic acids is 1. The Morgan fingerprint density at radius 1 is 1.32 bits per heavy atom. The Bertz CT molecular complexity index is 763. The molecule has 0 aromatic heterocycles. The van der Waals surface area contributed by atoms with E-state index < -0.39 is 0 Å². The molecule has 0 saturated carbocycles. The Morgan fingerprint density at radius 3 is 2.88 bits per heavy atom. The van der Waals surface area contributed by atoms with E-state index in [1.54, 1.807) is 7.11 Å². The molecule has 1 N–H and O–H groups in total. The molecule has 1 aliphatic heterocycles. The maximum Gasteiger partial charge on any atom is 0.227 e. The molecular formula is C20H23ClN2O2. The van der Waals surface area contributed by atoms with Crippen LogP contribution in [-0.4, -0.2) is 37.6 Å². The van der Waals surface area contributed by atoms with Crippen LogP contribution >= 0.6 is 11.6 Å². The van der Waals surface area contributed by atoms with E-state index in [2.05, 4.69) is 5.32 Å². The monoisotopic (exact) mass is 358 g/mol. The highest BCUT2D eigenvalue weighted by Crippen LogP contribution is 2.30. The molecule has 0 radical (unpaired) electrons. The first-order chi connectivity index (χ1) is 12.1. The number of piperazine rings is 1. The second-order valence-electron chi connectivity index (χ2n) is 6.32. The number of hydrogen-bond donors (Lipinski definition) is 1. The highest BCUT2D eigenvalue weighted by molar-refractivity contribution is 6.31. The van der Waals surface area contributed by atoms with E-state index in [1.165, 1.54) is 0 Å². The van der Waals surface area contributed by atoms with Crippen LogP contribution < -0.4 is 10.1 Å². The van der Waals surface area contributed by atoms with Crippen LogP contribution in [0.1, 0.15) is 22.7 Å². The van der Waals surface area contributed by atoms with E-state index in [9.17, 15) is 4.79 Å². The summed E-state index contributed by atoms with van der Waals surface area (Å²) < 4.78 is 5.41. The minimum atomic E-state index is -0.0502. The van der Waals surface area contributed by atoms with Crippen molar-refractivity contribution >= 4 is 17.5 Å². The SMILES string of the molecule is COc1ccc(C)cc1CC(=O)N1CCNCC1c1ccccc1Cl. The fourth-order valence-electron chi connectivity index (χ4n) is 3.34. The minimum Gasteiger partial charge on any atom is -0.496 e. The third-order valence-electron chi connectivity index (χ3n) is 4.61. The van der Waals surface area contributed by atoms with Crippen LogP contribution in [0, 0.1) is 6.92 Å². The summed E-state index contributed by atoms with van der Waals surface area (Å²) in [5.74, 6) is 0.846. The van der Waals surface area contributed by atoms with Crippen molar-refractivity contribution in [1.29, 1.82) is 0 Å². The highest BCUT2D eigenvalue weighted by atomic mass is 35.5. The molecule has 5 heteroatoms. The normalized spacial score (nSPS) is 17.4. The van der Waals surface area contributed by atoms with Gasteiger partial charge in [0.2, 0.25) is 5.91 Å². The van der Waals surface area contributed by atoms with Gasteiger partial charge in [0, 0.05) is 30.2 Å². The molecule has 1 atom stereocenters. The molecule has 1 unspecified atom stereocenters. The van der Waals surface area contributed by atoms with E-state index >= 15 is 0 Å². The quantitative estimate of drug-likeness (QED) is 0.911. The number of benzene rings is 2. The zero-order valence-electron chi connectivity index (χ0n) is 14.6. The van der Waals surface area contributed by atoms with Gasteiger partial charge in [0.1, 0.15) is 5.75 Å². The van der Waals surface area contributed by atoms with Gasteiger partial charge in [-0.25, -0.2) is 0 Å². The number of ether oxygens (including phenoxy) is 1. The van der Waals surface area contributed by atoms with Crippen molar-refractivity contribution in [2.24, 2.45) is 0 Å². The smallest absolute Gasteiger partial charge is 0.227 e. The maximum absolute atomic E-state index is 13.0. The van der Waals surface area contributed by atoms with Crippen molar-refractivity contribution in [2.45, 2.75) is 19.4 Å². The second-order valence-corrected chi connectivity index (χ2v) is 6.73. The molecule has 1 aliphatic rings. The molecule has 2 aromatic rings. The Balaban J connectivity index is 1.85. The summed E-state index contributed by atoms with van der Waals surface area (Å²) in [4.78, 5) is 15.0. The molecule has 132 valence electrons. The Morgan fingerprint density at radius 2 is 2.12 bits per heavy atom. The van der Waals surface area contributed by atoms with Gasteiger partial charge in [-0.3, -0.25) is 4.79 Å². The van der Waals surface area contributed by atoms with Gasteiger partial charge in [-0.2, -0.15) is 0 Å². The molecule has 0 spiro atoms. The van der Waals surface area contributed by atoms with Gasteiger partial charge in [0.05, 0.1) is 19.6 Å². The largest absolute Gasteiger partial charge is 0.496 e. The summed E-state index contributed by atoms with van der Waals surface area (Å²) in [6.45, 7) is 4.19. The lowest BCUT2D eigenvalue weighted by molar-refractivity contribution is -0.133. The van der Waals surface area contributed by atoms with Crippen molar-refractivity contribution in [3.8, 4) is 5.75 Å². The van der Waals surface area contributed by atoms with Crippen LogP contribution in [-0.2, 0) is 11.2 Å².